The van der Waals surface area contributed by atoms with Crippen LogP contribution < -0.4 is 5.69 Å². The van der Waals surface area contributed by atoms with Gasteiger partial charge in [-0.1, -0.05) is 23.7 Å². The van der Waals surface area contributed by atoms with Gasteiger partial charge in [-0.15, -0.1) is 0 Å². The zero-order chi connectivity index (χ0) is 18.0. The fourth-order valence-corrected chi connectivity index (χ4v) is 2.36. The highest BCUT2D eigenvalue weighted by atomic mass is 35.5. The van der Waals surface area contributed by atoms with Gasteiger partial charge in [-0.3, -0.25) is 0 Å². The molecule has 0 amide bonds. The molecule has 1 aromatic carbocycles. The summed E-state index contributed by atoms with van der Waals surface area (Å²) in [7, 11) is 0. The minimum absolute atomic E-state index is 0.133. The van der Waals surface area contributed by atoms with E-state index >= 15 is 0 Å². The Morgan fingerprint density at radius 1 is 1.12 bits per heavy atom. The molecule has 2 heterocycles. The number of nitrogens with one attached hydrogen (secondary N) is 1. The molecule has 0 unspecified atom stereocenters. The fourth-order valence-electron chi connectivity index (χ4n) is 2.13. The van der Waals surface area contributed by atoms with E-state index in [9.17, 15) is 18.0 Å². The van der Waals surface area contributed by atoms with Crippen LogP contribution in [0.15, 0.2) is 51.7 Å². The number of hydrogen-bond acceptors (Lipinski definition) is 3. The second-order valence-electron chi connectivity index (χ2n) is 5.04. The molecule has 0 spiro atoms. The second-order valence-corrected chi connectivity index (χ2v) is 5.44. The van der Waals surface area contributed by atoms with Crippen molar-refractivity contribution in [3.05, 3.63) is 75.1 Å². The van der Waals surface area contributed by atoms with Crippen LogP contribution in [0.1, 0.15) is 17.1 Å². The summed E-state index contributed by atoms with van der Waals surface area (Å²) in [5.74, 6) is 0.894. The lowest BCUT2D eigenvalue weighted by molar-refractivity contribution is -0.141. The van der Waals surface area contributed by atoms with Crippen LogP contribution >= 0.6 is 11.6 Å². The predicted octanol–water partition coefficient (Wildman–Crippen LogP) is 4.87. The van der Waals surface area contributed by atoms with Crippen molar-refractivity contribution in [1.29, 1.82) is 0 Å². The first-order valence-corrected chi connectivity index (χ1v) is 7.42. The average molecular weight is 367 g/mol. The molecule has 0 atom stereocenters. The van der Waals surface area contributed by atoms with Gasteiger partial charge in [-0.2, -0.15) is 18.2 Å². The summed E-state index contributed by atoms with van der Waals surface area (Å²) in [6, 6.07) is 11.1. The quantitative estimate of drug-likeness (QED) is 0.719. The maximum atomic E-state index is 12.7. The van der Waals surface area contributed by atoms with E-state index in [2.05, 4.69) is 4.98 Å². The maximum Gasteiger partial charge on any atom is 0.431 e. The monoisotopic (exact) mass is 366 g/mol. The van der Waals surface area contributed by atoms with Crippen molar-refractivity contribution in [3.8, 4) is 11.3 Å². The summed E-state index contributed by atoms with van der Waals surface area (Å²) in [5.41, 5.74) is -1.68. The third kappa shape index (κ3) is 4.00. The number of benzene rings is 1. The van der Waals surface area contributed by atoms with E-state index in [1.165, 1.54) is 12.2 Å². The number of halogens is 4. The Kier molecular flexibility index (Phi) is 4.50. The van der Waals surface area contributed by atoms with Gasteiger partial charge in [0.1, 0.15) is 17.2 Å². The average Bonchev–Trinajstić information content (AvgIpc) is 3.01. The molecule has 4 nitrogen and oxygen atoms in total. The first-order chi connectivity index (χ1) is 11.8. The van der Waals surface area contributed by atoms with E-state index in [0.717, 1.165) is 6.07 Å². The van der Waals surface area contributed by atoms with Crippen LogP contribution in [0.4, 0.5) is 13.2 Å². The zero-order valence-corrected chi connectivity index (χ0v) is 13.2. The number of nitrogens with zero attached hydrogens (tertiary/aromatic N) is 1. The van der Waals surface area contributed by atoms with Crippen molar-refractivity contribution in [3.63, 3.8) is 0 Å². The first kappa shape index (κ1) is 17.0. The lowest BCUT2D eigenvalue weighted by Crippen LogP contribution is -2.19. The van der Waals surface area contributed by atoms with E-state index in [1.54, 1.807) is 41.4 Å². The summed E-state index contributed by atoms with van der Waals surface area (Å²) in [6.07, 6.45) is -1.98. The molecular formula is C17H10ClF3N2O2. The number of aromatic amines is 1. The Labute approximate surface area is 144 Å². The van der Waals surface area contributed by atoms with Crippen LogP contribution in [0, 0.1) is 0 Å². The molecule has 0 saturated heterocycles. The van der Waals surface area contributed by atoms with Crippen LogP contribution in [-0.4, -0.2) is 9.97 Å². The Morgan fingerprint density at radius 2 is 1.88 bits per heavy atom. The summed E-state index contributed by atoms with van der Waals surface area (Å²) < 4.78 is 43.7. The first-order valence-electron chi connectivity index (χ1n) is 7.04. The molecule has 0 bridgehead atoms. The van der Waals surface area contributed by atoms with Crippen molar-refractivity contribution in [2.75, 3.05) is 0 Å². The lowest BCUT2D eigenvalue weighted by atomic mass is 10.2. The lowest BCUT2D eigenvalue weighted by Gasteiger charge is -2.05. The second kappa shape index (κ2) is 6.60. The molecule has 8 heteroatoms. The molecule has 3 rings (SSSR count). The fraction of sp³-hybridized carbons (Fsp3) is 0.0588. The topological polar surface area (TPSA) is 58.9 Å². The number of aromatic nitrogens is 2. The van der Waals surface area contributed by atoms with E-state index in [-0.39, 0.29) is 5.69 Å². The van der Waals surface area contributed by atoms with Gasteiger partial charge in [0, 0.05) is 5.56 Å². The van der Waals surface area contributed by atoms with E-state index < -0.39 is 17.6 Å². The van der Waals surface area contributed by atoms with Crippen molar-refractivity contribution in [1.82, 2.24) is 9.97 Å². The molecule has 2 aromatic heterocycles. The van der Waals surface area contributed by atoms with Crippen molar-refractivity contribution < 1.29 is 17.6 Å². The molecule has 0 aliphatic carbocycles. The number of hydrogen-bond donors (Lipinski definition) is 1. The largest absolute Gasteiger partial charge is 0.457 e. The van der Waals surface area contributed by atoms with E-state index in [4.69, 9.17) is 16.0 Å². The number of alkyl halides is 3. The van der Waals surface area contributed by atoms with Gasteiger partial charge in [0.2, 0.25) is 0 Å². The van der Waals surface area contributed by atoms with Gasteiger partial charge in [0.05, 0.1) is 10.7 Å². The summed E-state index contributed by atoms with van der Waals surface area (Å²) in [5, 5.41) is 0.512. The SMILES string of the molecule is O=c1nc(C=Cc2ccc(-c3ccccc3Cl)o2)cc(C(F)(F)F)[nH]1. The van der Waals surface area contributed by atoms with Crippen molar-refractivity contribution in [2.45, 2.75) is 6.18 Å². The zero-order valence-electron chi connectivity index (χ0n) is 12.5. The Bertz CT molecular complexity index is 990. The Morgan fingerprint density at radius 3 is 2.60 bits per heavy atom. The molecular weight excluding hydrogens is 357 g/mol. The minimum Gasteiger partial charge on any atom is -0.457 e. The summed E-state index contributed by atoms with van der Waals surface area (Å²) >= 11 is 6.09. The minimum atomic E-state index is -4.66. The molecule has 128 valence electrons. The van der Waals surface area contributed by atoms with Crippen molar-refractivity contribution >= 4 is 23.8 Å². The predicted molar refractivity (Wildman–Crippen MR) is 87.9 cm³/mol. The van der Waals surface area contributed by atoms with Crippen LogP contribution in [0.25, 0.3) is 23.5 Å². The van der Waals surface area contributed by atoms with Gasteiger partial charge in [-0.05, 0) is 42.5 Å². The maximum absolute atomic E-state index is 12.7. The number of H-pyrrole nitrogens is 1. The van der Waals surface area contributed by atoms with E-state index in [0.29, 0.717) is 22.1 Å². The third-order valence-corrected chi connectivity index (χ3v) is 3.58. The van der Waals surface area contributed by atoms with Gasteiger partial charge in [0.15, 0.2) is 0 Å². The molecule has 25 heavy (non-hydrogen) atoms. The number of rotatable bonds is 3. The highest BCUT2D eigenvalue weighted by Crippen LogP contribution is 2.30. The van der Waals surface area contributed by atoms with Gasteiger partial charge in [-0.25, -0.2) is 4.79 Å². The molecule has 1 N–H and O–H groups in total. The van der Waals surface area contributed by atoms with Crippen LogP contribution in [0.3, 0.4) is 0 Å². The summed E-state index contributed by atoms with van der Waals surface area (Å²) in [4.78, 5) is 16.4. The van der Waals surface area contributed by atoms with Gasteiger partial charge >= 0.3 is 11.9 Å². The van der Waals surface area contributed by atoms with Crippen LogP contribution in [0.2, 0.25) is 5.02 Å². The van der Waals surface area contributed by atoms with Crippen molar-refractivity contribution in [2.24, 2.45) is 0 Å². The summed E-state index contributed by atoms with van der Waals surface area (Å²) in [6.45, 7) is 0. The standard InChI is InChI=1S/C17H10ClF3N2O2/c18-13-4-2-1-3-12(13)14-8-7-11(25-14)6-5-10-9-15(17(19,20)21)23-16(24)22-10/h1-9H,(H,22,23,24). The highest BCUT2D eigenvalue weighted by Gasteiger charge is 2.32. The van der Waals surface area contributed by atoms with Gasteiger partial charge in [0.25, 0.3) is 0 Å². The highest BCUT2D eigenvalue weighted by molar-refractivity contribution is 6.33. The molecule has 0 aliphatic rings. The normalized spacial score (nSPS) is 12.0. The third-order valence-electron chi connectivity index (χ3n) is 3.25. The number of furan rings is 1. The Hall–Kier alpha value is -2.80. The molecule has 0 aliphatic heterocycles. The molecule has 0 saturated carbocycles. The van der Waals surface area contributed by atoms with E-state index in [1.807, 2.05) is 0 Å². The smallest absolute Gasteiger partial charge is 0.431 e. The Balaban J connectivity index is 1.88. The molecule has 3 aromatic rings. The van der Waals surface area contributed by atoms with Crippen LogP contribution in [0.5, 0.6) is 0 Å². The van der Waals surface area contributed by atoms with Crippen LogP contribution in [-0.2, 0) is 6.18 Å². The molecule has 0 radical (unpaired) electrons. The van der Waals surface area contributed by atoms with Gasteiger partial charge < -0.3 is 9.40 Å². The molecule has 0 fully saturated rings.